The third-order valence-electron chi connectivity index (χ3n) is 16.5. The van der Waals surface area contributed by atoms with E-state index in [-0.39, 0.29) is 31.1 Å². The Hall–Kier alpha value is -2.89. The molecule has 0 aliphatic carbocycles. The zero-order chi connectivity index (χ0) is 59.9. The number of carbonyl (C=O) groups excluding carboxylic acids is 3. The lowest BCUT2D eigenvalue weighted by atomic mass is 10.0. The summed E-state index contributed by atoms with van der Waals surface area (Å²) in [7, 11) is 0. The fourth-order valence-corrected chi connectivity index (χ4v) is 11.0. The highest BCUT2D eigenvalue weighted by Crippen LogP contribution is 2.18. The van der Waals surface area contributed by atoms with Crippen molar-refractivity contribution in [3.05, 3.63) is 60.8 Å². The highest BCUT2D eigenvalue weighted by Gasteiger charge is 2.19. The van der Waals surface area contributed by atoms with E-state index in [1.807, 2.05) is 0 Å². The van der Waals surface area contributed by atoms with E-state index < -0.39 is 6.10 Å². The van der Waals surface area contributed by atoms with E-state index in [1.165, 1.54) is 276 Å². The fourth-order valence-electron chi connectivity index (χ4n) is 11.0. The van der Waals surface area contributed by atoms with Crippen LogP contribution in [0.15, 0.2) is 60.8 Å². The van der Waals surface area contributed by atoms with Crippen molar-refractivity contribution in [2.75, 3.05) is 13.2 Å². The standard InChI is InChI=1S/C77H140O6/c1-4-7-10-13-16-19-22-25-28-31-33-35-36-37-38-39-40-42-43-46-49-52-55-58-61-64-67-70-76(79)82-73-74(72-81-75(78)69-66-63-60-57-54-51-48-45-30-27-24-21-18-15-12-9-6-3)83-77(80)71-68-65-62-59-56-53-50-47-44-41-34-32-29-26-23-20-17-14-11-8-5-2/h22-23,25-26,31-34,36-37,74H,4-21,24,27-30,35,38-73H2,1-3H3/b25-22-,26-23-,33-31-,34-32-,37-36-. The quantitative estimate of drug-likeness (QED) is 0.0261. The molecule has 6 heteroatoms. The molecule has 0 amide bonds. The first-order valence-electron chi connectivity index (χ1n) is 36.8. The van der Waals surface area contributed by atoms with Gasteiger partial charge in [-0.15, -0.1) is 0 Å². The zero-order valence-corrected chi connectivity index (χ0v) is 55.7. The van der Waals surface area contributed by atoms with Crippen LogP contribution in [0.3, 0.4) is 0 Å². The van der Waals surface area contributed by atoms with Crippen molar-refractivity contribution < 1.29 is 28.6 Å². The van der Waals surface area contributed by atoms with E-state index in [4.69, 9.17) is 14.2 Å². The summed E-state index contributed by atoms with van der Waals surface area (Å²) in [5, 5.41) is 0. The Kier molecular flexibility index (Phi) is 69.1. The summed E-state index contributed by atoms with van der Waals surface area (Å²) < 4.78 is 17.0. The van der Waals surface area contributed by atoms with Gasteiger partial charge in [0.25, 0.3) is 0 Å². The van der Waals surface area contributed by atoms with E-state index in [0.29, 0.717) is 19.3 Å². The lowest BCUT2D eigenvalue weighted by Gasteiger charge is -2.18. The van der Waals surface area contributed by atoms with Crippen molar-refractivity contribution >= 4 is 17.9 Å². The molecule has 0 heterocycles. The Balaban J connectivity index is 4.31. The molecule has 1 unspecified atom stereocenters. The van der Waals surface area contributed by atoms with E-state index >= 15 is 0 Å². The molecule has 0 aromatic carbocycles. The van der Waals surface area contributed by atoms with Crippen molar-refractivity contribution in [2.24, 2.45) is 0 Å². The summed E-state index contributed by atoms with van der Waals surface area (Å²) in [6, 6.07) is 0. The summed E-state index contributed by atoms with van der Waals surface area (Å²) in [6.45, 7) is 6.68. The zero-order valence-electron chi connectivity index (χ0n) is 55.7. The van der Waals surface area contributed by atoms with E-state index in [2.05, 4.69) is 81.5 Å². The number of carbonyl (C=O) groups is 3. The van der Waals surface area contributed by atoms with Gasteiger partial charge in [-0.05, 0) is 89.9 Å². The van der Waals surface area contributed by atoms with Crippen LogP contribution in [0.5, 0.6) is 0 Å². The second kappa shape index (κ2) is 71.6. The molecular weight excluding hydrogens is 1020 g/mol. The van der Waals surface area contributed by atoms with Crippen LogP contribution in [0.4, 0.5) is 0 Å². The van der Waals surface area contributed by atoms with Gasteiger partial charge >= 0.3 is 17.9 Å². The predicted molar refractivity (Wildman–Crippen MR) is 362 cm³/mol. The Morgan fingerprint density at radius 3 is 0.675 bits per heavy atom. The van der Waals surface area contributed by atoms with Gasteiger partial charge in [-0.3, -0.25) is 14.4 Å². The number of allylic oxidation sites excluding steroid dienone is 10. The van der Waals surface area contributed by atoms with E-state index in [9.17, 15) is 14.4 Å². The molecule has 0 aliphatic rings. The third-order valence-corrected chi connectivity index (χ3v) is 16.5. The summed E-state index contributed by atoms with van der Waals surface area (Å²) >= 11 is 0. The van der Waals surface area contributed by atoms with Crippen LogP contribution in [0, 0.1) is 0 Å². The van der Waals surface area contributed by atoms with Crippen LogP contribution in [0.25, 0.3) is 0 Å². The molecule has 0 bridgehead atoms. The largest absolute Gasteiger partial charge is 0.462 e. The monoisotopic (exact) mass is 1160 g/mol. The minimum Gasteiger partial charge on any atom is -0.462 e. The van der Waals surface area contributed by atoms with Gasteiger partial charge in [-0.25, -0.2) is 0 Å². The SMILES string of the molecule is CCCCCCC/C=C\C/C=C\C/C=C\CCCCCCCCCCCCCCC(=O)OCC(COC(=O)CCCCCCCCCCCCCCCCCCC)OC(=O)CCCCCCCCCCC/C=C\C/C=C\CCCCCCC. The molecule has 0 aliphatic heterocycles. The minimum absolute atomic E-state index is 0.0718. The van der Waals surface area contributed by atoms with Crippen molar-refractivity contribution in [2.45, 2.75) is 399 Å². The number of hydrogen-bond acceptors (Lipinski definition) is 6. The van der Waals surface area contributed by atoms with Crippen LogP contribution in [0.2, 0.25) is 0 Å². The molecule has 484 valence electrons. The van der Waals surface area contributed by atoms with Gasteiger partial charge in [0, 0.05) is 19.3 Å². The van der Waals surface area contributed by atoms with Crippen LogP contribution in [0.1, 0.15) is 393 Å². The molecule has 0 aromatic heterocycles. The van der Waals surface area contributed by atoms with Crippen LogP contribution in [-0.2, 0) is 28.6 Å². The van der Waals surface area contributed by atoms with Gasteiger partial charge < -0.3 is 14.2 Å². The highest BCUT2D eigenvalue weighted by molar-refractivity contribution is 5.71. The number of esters is 3. The number of hydrogen-bond donors (Lipinski definition) is 0. The third kappa shape index (κ3) is 69.8. The van der Waals surface area contributed by atoms with E-state index in [1.54, 1.807) is 0 Å². The smallest absolute Gasteiger partial charge is 0.306 e. The summed E-state index contributed by atoms with van der Waals surface area (Å²) in [4.78, 5) is 38.5. The Bertz CT molecular complexity index is 1470. The average Bonchev–Trinajstić information content (AvgIpc) is 3.49. The first kappa shape index (κ1) is 80.1. The molecule has 1 atom stereocenters. The number of ether oxygens (including phenoxy) is 3. The lowest BCUT2D eigenvalue weighted by Crippen LogP contribution is -2.30. The predicted octanol–water partition coefficient (Wildman–Crippen LogP) is 25.5. The van der Waals surface area contributed by atoms with Crippen LogP contribution in [-0.4, -0.2) is 37.2 Å². The molecule has 6 nitrogen and oxygen atoms in total. The minimum atomic E-state index is -0.777. The topological polar surface area (TPSA) is 78.9 Å². The Morgan fingerprint density at radius 2 is 0.434 bits per heavy atom. The number of unbranched alkanes of at least 4 members (excludes halogenated alkanes) is 47. The van der Waals surface area contributed by atoms with Crippen molar-refractivity contribution in [1.29, 1.82) is 0 Å². The maximum Gasteiger partial charge on any atom is 0.306 e. The molecule has 0 saturated carbocycles. The maximum absolute atomic E-state index is 13.0. The molecule has 0 radical (unpaired) electrons. The lowest BCUT2D eigenvalue weighted by molar-refractivity contribution is -0.167. The van der Waals surface area contributed by atoms with Gasteiger partial charge in [0.1, 0.15) is 13.2 Å². The highest BCUT2D eigenvalue weighted by atomic mass is 16.6. The second-order valence-corrected chi connectivity index (χ2v) is 24.9. The Labute approximate surface area is 517 Å². The molecule has 0 rings (SSSR count). The van der Waals surface area contributed by atoms with Gasteiger partial charge in [0.15, 0.2) is 6.10 Å². The van der Waals surface area contributed by atoms with Crippen LogP contribution < -0.4 is 0 Å². The molecule has 0 saturated heterocycles. The van der Waals surface area contributed by atoms with Gasteiger partial charge in [0.2, 0.25) is 0 Å². The molecule has 0 aromatic rings. The summed E-state index contributed by atoms with van der Waals surface area (Å²) in [6.07, 6.45) is 92.4. The van der Waals surface area contributed by atoms with Gasteiger partial charge in [-0.1, -0.05) is 345 Å². The van der Waals surface area contributed by atoms with E-state index in [0.717, 1.165) is 77.0 Å². The molecule has 83 heavy (non-hydrogen) atoms. The molecule has 0 N–H and O–H groups in total. The van der Waals surface area contributed by atoms with Crippen molar-refractivity contribution in [3.63, 3.8) is 0 Å². The molecule has 0 fully saturated rings. The van der Waals surface area contributed by atoms with Crippen molar-refractivity contribution in [1.82, 2.24) is 0 Å². The maximum atomic E-state index is 13.0. The fraction of sp³-hybridized carbons (Fsp3) is 0.831. The van der Waals surface area contributed by atoms with Gasteiger partial charge in [0.05, 0.1) is 0 Å². The van der Waals surface area contributed by atoms with Gasteiger partial charge in [-0.2, -0.15) is 0 Å². The van der Waals surface area contributed by atoms with Crippen LogP contribution >= 0.6 is 0 Å². The summed E-state index contributed by atoms with van der Waals surface area (Å²) in [5.41, 5.74) is 0. The Morgan fingerprint density at radius 1 is 0.241 bits per heavy atom. The summed E-state index contributed by atoms with van der Waals surface area (Å²) in [5.74, 6) is -0.851. The average molecular weight is 1160 g/mol. The normalized spacial score (nSPS) is 12.4. The first-order valence-corrected chi connectivity index (χ1v) is 36.8. The molecular formula is C77H140O6. The number of rotatable bonds is 68. The first-order chi connectivity index (χ1) is 41.0. The second-order valence-electron chi connectivity index (χ2n) is 24.9. The van der Waals surface area contributed by atoms with Crippen molar-refractivity contribution in [3.8, 4) is 0 Å². The molecule has 0 spiro atoms.